The minimum absolute atomic E-state index is 0.0504. The molecule has 0 radical (unpaired) electrons. The van der Waals surface area contributed by atoms with Gasteiger partial charge in [0.05, 0.1) is 20.3 Å². The number of amides is 2. The lowest BCUT2D eigenvalue weighted by Gasteiger charge is -2.35. The smallest absolute Gasteiger partial charge is 0.274 e. The second kappa shape index (κ2) is 10.9. The second-order valence-electron chi connectivity index (χ2n) is 8.18. The number of carbonyl (C=O) groups is 2. The predicted molar refractivity (Wildman–Crippen MR) is 128 cm³/mol. The van der Waals surface area contributed by atoms with Crippen molar-refractivity contribution in [3.05, 3.63) is 65.4 Å². The molecule has 4 rings (SSSR count). The number of ether oxygens (including phenoxy) is 2. The Morgan fingerprint density at radius 1 is 1.08 bits per heavy atom. The van der Waals surface area contributed by atoms with Crippen LogP contribution >= 0.6 is 0 Å². The number of nitrogens with one attached hydrogen (secondary N) is 1. The highest BCUT2D eigenvalue weighted by atomic mass is 16.5. The second-order valence-corrected chi connectivity index (χ2v) is 8.18. The van der Waals surface area contributed by atoms with Crippen molar-refractivity contribution in [3.8, 4) is 23.1 Å². The number of aromatic hydroxyl groups is 2. The molecule has 0 bridgehead atoms. The van der Waals surface area contributed by atoms with Crippen LogP contribution in [0.15, 0.2) is 42.7 Å². The Bertz CT molecular complexity index is 1250. The van der Waals surface area contributed by atoms with Gasteiger partial charge in [0, 0.05) is 36.6 Å². The van der Waals surface area contributed by atoms with Gasteiger partial charge in [-0.2, -0.15) is 4.98 Å². The van der Waals surface area contributed by atoms with Crippen molar-refractivity contribution in [2.24, 2.45) is 0 Å². The van der Waals surface area contributed by atoms with Gasteiger partial charge in [0.25, 0.3) is 17.7 Å². The van der Waals surface area contributed by atoms with E-state index in [4.69, 9.17) is 9.47 Å². The molecule has 36 heavy (non-hydrogen) atoms. The number of carbonyl (C=O) groups excluding carboxylic acids is 2. The number of para-hydroxylation sites is 1. The quantitative estimate of drug-likeness (QED) is 0.452. The molecule has 3 aromatic rings. The zero-order valence-electron chi connectivity index (χ0n) is 20.0. The molecule has 11 nitrogen and oxygen atoms in total. The summed E-state index contributed by atoms with van der Waals surface area (Å²) in [5, 5.41) is 23.3. The van der Waals surface area contributed by atoms with Crippen LogP contribution in [0.1, 0.15) is 57.5 Å². The maximum Gasteiger partial charge on any atom is 0.274 e. The molecule has 2 aromatic heterocycles. The van der Waals surface area contributed by atoms with Crippen molar-refractivity contribution >= 4 is 11.8 Å². The van der Waals surface area contributed by atoms with Crippen LogP contribution in [-0.2, 0) is 6.54 Å². The Labute approximate surface area is 207 Å². The molecular formula is C25H27N5O6. The van der Waals surface area contributed by atoms with Gasteiger partial charge in [-0.05, 0) is 37.5 Å². The lowest BCUT2D eigenvalue weighted by atomic mass is 10.00. The van der Waals surface area contributed by atoms with Crippen molar-refractivity contribution in [1.82, 2.24) is 25.2 Å². The van der Waals surface area contributed by atoms with Crippen molar-refractivity contribution in [2.45, 2.75) is 31.8 Å². The summed E-state index contributed by atoms with van der Waals surface area (Å²) >= 11 is 0. The van der Waals surface area contributed by atoms with E-state index in [0.29, 0.717) is 35.6 Å². The van der Waals surface area contributed by atoms with Crippen LogP contribution < -0.4 is 14.8 Å². The van der Waals surface area contributed by atoms with E-state index >= 15 is 0 Å². The van der Waals surface area contributed by atoms with Gasteiger partial charge in [-0.25, -0.2) is 4.98 Å². The number of piperidine rings is 1. The molecule has 0 spiro atoms. The molecule has 11 heteroatoms. The normalized spacial score (nSPS) is 15.3. The van der Waals surface area contributed by atoms with Crippen molar-refractivity contribution < 1.29 is 29.3 Å². The Morgan fingerprint density at radius 2 is 1.86 bits per heavy atom. The van der Waals surface area contributed by atoms with E-state index < -0.39 is 23.6 Å². The first-order chi connectivity index (χ1) is 17.4. The average molecular weight is 494 g/mol. The Balaban J connectivity index is 1.60. The number of nitrogens with zero attached hydrogens (tertiary/aromatic N) is 4. The summed E-state index contributed by atoms with van der Waals surface area (Å²) in [4.78, 5) is 40.0. The molecule has 3 heterocycles. The summed E-state index contributed by atoms with van der Waals surface area (Å²) in [6.07, 6.45) is 5.23. The zero-order valence-corrected chi connectivity index (χ0v) is 20.0. The van der Waals surface area contributed by atoms with Crippen LogP contribution in [0.3, 0.4) is 0 Å². The summed E-state index contributed by atoms with van der Waals surface area (Å²) in [6, 6.07) is 7.91. The van der Waals surface area contributed by atoms with Gasteiger partial charge >= 0.3 is 0 Å². The highest BCUT2D eigenvalue weighted by Crippen LogP contribution is 2.34. The number of methoxy groups -OCH3 is 2. The maximum atomic E-state index is 13.2. The molecule has 1 aromatic carbocycles. The van der Waals surface area contributed by atoms with Gasteiger partial charge < -0.3 is 29.9 Å². The zero-order chi connectivity index (χ0) is 25.7. The van der Waals surface area contributed by atoms with E-state index in [-0.39, 0.29) is 24.0 Å². The van der Waals surface area contributed by atoms with Crippen LogP contribution in [-0.4, -0.2) is 62.6 Å². The topological polar surface area (TPSA) is 147 Å². The first kappa shape index (κ1) is 24.7. The van der Waals surface area contributed by atoms with Gasteiger partial charge in [-0.1, -0.05) is 12.1 Å². The number of hydrogen-bond donors (Lipinski definition) is 3. The van der Waals surface area contributed by atoms with Gasteiger partial charge in [-0.15, -0.1) is 0 Å². The van der Waals surface area contributed by atoms with Gasteiger partial charge in [-0.3, -0.25) is 14.6 Å². The molecule has 1 aliphatic heterocycles. The molecule has 1 aliphatic rings. The minimum atomic E-state index is -0.739. The minimum Gasteiger partial charge on any atom is -0.501 e. The molecular weight excluding hydrogens is 466 g/mol. The van der Waals surface area contributed by atoms with Crippen molar-refractivity contribution in [2.75, 3.05) is 20.8 Å². The summed E-state index contributed by atoms with van der Waals surface area (Å²) in [5.41, 5.74) is 0.718. The Kier molecular flexibility index (Phi) is 7.47. The first-order valence-corrected chi connectivity index (χ1v) is 11.4. The summed E-state index contributed by atoms with van der Waals surface area (Å²) < 4.78 is 10.7. The molecule has 1 fully saturated rings. The predicted octanol–water partition coefficient (Wildman–Crippen LogP) is 2.60. The third-order valence-electron chi connectivity index (χ3n) is 6.01. The van der Waals surface area contributed by atoms with E-state index in [1.54, 1.807) is 35.2 Å². The highest BCUT2D eigenvalue weighted by Gasteiger charge is 2.33. The van der Waals surface area contributed by atoms with Gasteiger partial charge in [0.1, 0.15) is 0 Å². The third kappa shape index (κ3) is 4.99. The molecule has 2 amide bonds. The lowest BCUT2D eigenvalue weighted by molar-refractivity contribution is 0.0598. The van der Waals surface area contributed by atoms with Crippen LogP contribution in [0, 0.1) is 0 Å². The maximum absolute atomic E-state index is 13.2. The van der Waals surface area contributed by atoms with Gasteiger partial charge in [0.15, 0.2) is 23.0 Å². The fourth-order valence-electron chi connectivity index (χ4n) is 4.22. The van der Waals surface area contributed by atoms with Gasteiger partial charge in [0.2, 0.25) is 5.75 Å². The monoisotopic (exact) mass is 493 g/mol. The highest BCUT2D eigenvalue weighted by molar-refractivity contribution is 5.96. The van der Waals surface area contributed by atoms with Crippen LogP contribution in [0.2, 0.25) is 0 Å². The lowest BCUT2D eigenvalue weighted by Crippen LogP contribution is -2.39. The van der Waals surface area contributed by atoms with E-state index in [9.17, 15) is 19.8 Å². The molecule has 1 atom stereocenters. The molecule has 0 aliphatic carbocycles. The molecule has 1 unspecified atom stereocenters. The largest absolute Gasteiger partial charge is 0.501 e. The molecule has 3 N–H and O–H groups in total. The van der Waals surface area contributed by atoms with Crippen LogP contribution in [0.4, 0.5) is 0 Å². The van der Waals surface area contributed by atoms with Crippen LogP contribution in [0.5, 0.6) is 23.1 Å². The Hall–Kier alpha value is -4.41. The van der Waals surface area contributed by atoms with Crippen molar-refractivity contribution in [1.29, 1.82) is 0 Å². The standard InChI is InChI=1S/C25H27N5O6/c1-35-18-8-5-6-16(21(18)36-2)14-27-23(32)19-20(31)24(33)29-22(28-19)17-7-3-4-13-30(17)25(34)15-9-11-26-12-10-15/h5-6,8-12,17,31H,3-4,7,13-14H2,1-2H3,(H,27,32)(H,28,29,33). The number of likely N-dealkylation sites (tertiary alicyclic amines) is 1. The third-order valence-corrected chi connectivity index (χ3v) is 6.01. The number of benzene rings is 1. The Morgan fingerprint density at radius 3 is 2.58 bits per heavy atom. The first-order valence-electron chi connectivity index (χ1n) is 11.4. The number of aromatic nitrogens is 3. The van der Waals surface area contributed by atoms with E-state index in [2.05, 4.69) is 20.3 Å². The summed E-state index contributed by atoms with van der Waals surface area (Å²) in [6.45, 7) is 0.517. The van der Waals surface area contributed by atoms with E-state index in [1.165, 1.54) is 26.6 Å². The number of rotatable bonds is 7. The average Bonchev–Trinajstić information content (AvgIpc) is 2.92. The number of hydrogen-bond acceptors (Lipinski definition) is 9. The molecule has 1 saturated heterocycles. The summed E-state index contributed by atoms with van der Waals surface area (Å²) in [7, 11) is 3.00. The number of pyridine rings is 1. The SMILES string of the molecule is COc1cccc(CNC(=O)c2nc(C3CCCCN3C(=O)c3ccncc3)nc(O)c2O)c1OC. The summed E-state index contributed by atoms with van der Waals surface area (Å²) in [5.74, 6) is -1.37. The van der Waals surface area contributed by atoms with E-state index in [1.807, 2.05) is 0 Å². The molecule has 188 valence electrons. The van der Waals surface area contributed by atoms with Crippen LogP contribution in [0.25, 0.3) is 0 Å². The van der Waals surface area contributed by atoms with E-state index in [0.717, 1.165) is 12.8 Å². The fourth-order valence-corrected chi connectivity index (χ4v) is 4.22. The van der Waals surface area contributed by atoms with Crippen molar-refractivity contribution in [3.63, 3.8) is 0 Å². The fraction of sp³-hybridized carbons (Fsp3) is 0.320. The molecule has 0 saturated carbocycles.